The molecular formula is C31H60O6. The lowest BCUT2D eigenvalue weighted by atomic mass is 10.0. The molecule has 3 atom stereocenters. The molecule has 0 spiro atoms. The van der Waals surface area contributed by atoms with Gasteiger partial charge in [-0.15, -0.1) is 0 Å². The minimum Gasteiger partial charge on any atom is -0.463 e. The van der Waals surface area contributed by atoms with E-state index in [4.69, 9.17) is 9.47 Å². The van der Waals surface area contributed by atoms with E-state index in [1.807, 2.05) is 0 Å². The van der Waals surface area contributed by atoms with Crippen molar-refractivity contribution in [2.45, 2.75) is 180 Å². The molecule has 0 rings (SSSR count). The molecule has 220 valence electrons. The zero-order valence-corrected chi connectivity index (χ0v) is 24.5. The molecule has 6 heteroatoms. The fraction of sp³-hybridized carbons (Fsp3) is 0.935. The molecule has 6 nitrogen and oxygen atoms in total. The summed E-state index contributed by atoms with van der Waals surface area (Å²) >= 11 is 0. The topological polar surface area (TPSA) is 93.1 Å². The second-order valence-corrected chi connectivity index (χ2v) is 10.8. The summed E-state index contributed by atoms with van der Waals surface area (Å²) in [6, 6.07) is 0. The van der Waals surface area contributed by atoms with Gasteiger partial charge in [0, 0.05) is 19.3 Å². The van der Waals surface area contributed by atoms with Gasteiger partial charge in [0.1, 0.15) is 18.8 Å². The molecule has 37 heavy (non-hydrogen) atoms. The highest BCUT2D eigenvalue weighted by Gasteiger charge is 2.27. The summed E-state index contributed by atoms with van der Waals surface area (Å²) in [6.45, 7) is 6.17. The van der Waals surface area contributed by atoms with Gasteiger partial charge in [0.2, 0.25) is 0 Å². The second-order valence-electron chi connectivity index (χ2n) is 10.8. The summed E-state index contributed by atoms with van der Waals surface area (Å²) < 4.78 is 10.7. The maximum Gasteiger partial charge on any atom is 0.306 e. The molecule has 0 fully saturated rings. The molecule has 0 saturated carbocycles. The standard InChI is InChI=1S/C31H60O6/c1-4-7-10-11-12-13-14-15-16-17-18-21-22-27(32)25-29(37-31(35)24-20-9-6-3)28(33)26-36-30(34)23-19-8-5-2/h27-29,32-33H,4-26H2,1-3H3. The van der Waals surface area contributed by atoms with Crippen molar-refractivity contribution < 1.29 is 29.3 Å². The fourth-order valence-electron chi connectivity index (χ4n) is 4.51. The van der Waals surface area contributed by atoms with Crippen LogP contribution in [-0.2, 0) is 19.1 Å². The Morgan fingerprint density at radius 2 is 1.03 bits per heavy atom. The zero-order valence-electron chi connectivity index (χ0n) is 24.5. The molecule has 0 aliphatic heterocycles. The van der Waals surface area contributed by atoms with E-state index in [0.29, 0.717) is 19.3 Å². The Bertz CT molecular complexity index is 524. The fourth-order valence-corrected chi connectivity index (χ4v) is 4.51. The molecule has 0 heterocycles. The summed E-state index contributed by atoms with van der Waals surface area (Å²) in [4.78, 5) is 24.2. The molecule has 0 amide bonds. The number of esters is 2. The van der Waals surface area contributed by atoms with Crippen LogP contribution in [0.1, 0.15) is 162 Å². The van der Waals surface area contributed by atoms with E-state index in [2.05, 4.69) is 20.8 Å². The van der Waals surface area contributed by atoms with Crippen LogP contribution >= 0.6 is 0 Å². The van der Waals surface area contributed by atoms with Gasteiger partial charge in [-0.05, 0) is 19.3 Å². The Hall–Kier alpha value is -1.14. The number of unbranched alkanes of at least 4 members (excludes halogenated alkanes) is 15. The van der Waals surface area contributed by atoms with Crippen molar-refractivity contribution in [1.29, 1.82) is 0 Å². The number of carbonyl (C=O) groups is 2. The van der Waals surface area contributed by atoms with Gasteiger partial charge in [-0.25, -0.2) is 0 Å². The van der Waals surface area contributed by atoms with Crippen LogP contribution < -0.4 is 0 Å². The number of carbonyl (C=O) groups excluding carboxylic acids is 2. The maximum absolute atomic E-state index is 12.3. The number of aliphatic hydroxyl groups is 2. The highest BCUT2D eigenvalue weighted by molar-refractivity contribution is 5.70. The van der Waals surface area contributed by atoms with Crippen LogP contribution in [0.4, 0.5) is 0 Å². The molecule has 0 aromatic rings. The number of hydrogen-bond donors (Lipinski definition) is 2. The van der Waals surface area contributed by atoms with Crippen LogP contribution in [0.2, 0.25) is 0 Å². The van der Waals surface area contributed by atoms with Gasteiger partial charge in [0.05, 0.1) is 6.10 Å². The average molecular weight is 529 g/mol. The molecule has 2 N–H and O–H groups in total. The quantitative estimate of drug-likeness (QED) is 0.0834. The molecule has 0 aromatic heterocycles. The summed E-state index contributed by atoms with van der Waals surface area (Å²) in [5.41, 5.74) is 0. The normalized spacial score (nSPS) is 13.8. The van der Waals surface area contributed by atoms with Crippen LogP contribution in [0.5, 0.6) is 0 Å². The third kappa shape index (κ3) is 23.7. The molecule has 0 aliphatic rings. The van der Waals surface area contributed by atoms with Crippen LogP contribution in [-0.4, -0.2) is 47.1 Å². The van der Waals surface area contributed by atoms with Crippen molar-refractivity contribution >= 4 is 11.9 Å². The highest BCUT2D eigenvalue weighted by Crippen LogP contribution is 2.17. The van der Waals surface area contributed by atoms with Crippen molar-refractivity contribution in [2.75, 3.05) is 6.61 Å². The zero-order chi connectivity index (χ0) is 27.6. The van der Waals surface area contributed by atoms with Crippen molar-refractivity contribution in [3.05, 3.63) is 0 Å². The number of hydrogen-bond acceptors (Lipinski definition) is 6. The maximum atomic E-state index is 12.3. The van der Waals surface area contributed by atoms with E-state index in [0.717, 1.165) is 51.4 Å². The Balaban J connectivity index is 4.29. The van der Waals surface area contributed by atoms with Crippen molar-refractivity contribution in [2.24, 2.45) is 0 Å². The third-order valence-electron chi connectivity index (χ3n) is 6.99. The molecular weight excluding hydrogens is 468 g/mol. The van der Waals surface area contributed by atoms with Crippen LogP contribution in [0.15, 0.2) is 0 Å². The number of aliphatic hydroxyl groups excluding tert-OH is 2. The van der Waals surface area contributed by atoms with Crippen molar-refractivity contribution in [3.8, 4) is 0 Å². The lowest BCUT2D eigenvalue weighted by molar-refractivity contribution is -0.163. The SMILES string of the molecule is CCCCCCCCCCCCCCC(O)CC(OC(=O)CCCCC)C(O)COC(=O)CCCCC. The first-order chi connectivity index (χ1) is 17.9. The van der Waals surface area contributed by atoms with Crippen LogP contribution in [0.3, 0.4) is 0 Å². The van der Waals surface area contributed by atoms with Gasteiger partial charge in [-0.1, -0.05) is 124 Å². The van der Waals surface area contributed by atoms with Gasteiger partial charge >= 0.3 is 11.9 Å². The first-order valence-electron chi connectivity index (χ1n) is 15.7. The highest BCUT2D eigenvalue weighted by atomic mass is 16.6. The van der Waals surface area contributed by atoms with Gasteiger partial charge < -0.3 is 19.7 Å². The second kappa shape index (κ2) is 26.5. The van der Waals surface area contributed by atoms with Crippen molar-refractivity contribution in [3.63, 3.8) is 0 Å². The smallest absolute Gasteiger partial charge is 0.306 e. The minimum atomic E-state index is -1.14. The van der Waals surface area contributed by atoms with E-state index in [1.54, 1.807) is 0 Å². The van der Waals surface area contributed by atoms with E-state index in [1.165, 1.54) is 64.2 Å². The van der Waals surface area contributed by atoms with E-state index in [-0.39, 0.29) is 25.0 Å². The summed E-state index contributed by atoms with van der Waals surface area (Å²) in [5, 5.41) is 21.2. The molecule has 0 aromatic carbocycles. The Morgan fingerprint density at radius 3 is 1.54 bits per heavy atom. The lowest BCUT2D eigenvalue weighted by Crippen LogP contribution is -2.38. The van der Waals surface area contributed by atoms with Crippen LogP contribution in [0.25, 0.3) is 0 Å². The minimum absolute atomic E-state index is 0.159. The monoisotopic (exact) mass is 528 g/mol. The molecule has 0 aliphatic carbocycles. The van der Waals surface area contributed by atoms with Crippen LogP contribution in [0, 0.1) is 0 Å². The summed E-state index contributed by atoms with van der Waals surface area (Å²) in [7, 11) is 0. The van der Waals surface area contributed by atoms with Gasteiger partial charge in [-0.3, -0.25) is 9.59 Å². The summed E-state index contributed by atoms with van der Waals surface area (Å²) in [5.74, 6) is -0.720. The van der Waals surface area contributed by atoms with Gasteiger partial charge in [-0.2, -0.15) is 0 Å². The molecule has 0 saturated heterocycles. The van der Waals surface area contributed by atoms with E-state index < -0.39 is 18.3 Å². The first kappa shape index (κ1) is 35.9. The van der Waals surface area contributed by atoms with Crippen molar-refractivity contribution in [1.82, 2.24) is 0 Å². The molecule has 0 bridgehead atoms. The number of ether oxygens (including phenoxy) is 2. The van der Waals surface area contributed by atoms with Gasteiger partial charge in [0.15, 0.2) is 0 Å². The largest absolute Gasteiger partial charge is 0.463 e. The Kier molecular flexibility index (Phi) is 25.7. The lowest BCUT2D eigenvalue weighted by Gasteiger charge is -2.25. The molecule has 3 unspecified atom stereocenters. The Morgan fingerprint density at radius 1 is 0.595 bits per heavy atom. The molecule has 0 radical (unpaired) electrons. The number of rotatable bonds is 27. The average Bonchev–Trinajstić information content (AvgIpc) is 2.87. The predicted octanol–water partition coefficient (Wildman–Crippen LogP) is 7.81. The Labute approximate surface area is 228 Å². The summed E-state index contributed by atoms with van der Waals surface area (Å²) in [6.07, 6.45) is 19.3. The first-order valence-corrected chi connectivity index (χ1v) is 15.7. The predicted molar refractivity (Wildman–Crippen MR) is 151 cm³/mol. The van der Waals surface area contributed by atoms with E-state index in [9.17, 15) is 19.8 Å². The van der Waals surface area contributed by atoms with Gasteiger partial charge in [0.25, 0.3) is 0 Å². The third-order valence-corrected chi connectivity index (χ3v) is 6.99. The van der Waals surface area contributed by atoms with E-state index >= 15 is 0 Å².